The zero-order chi connectivity index (χ0) is 11.6. The average molecular weight is 245 g/mol. The fourth-order valence-corrected chi connectivity index (χ4v) is 4.01. The maximum absolute atomic E-state index is 6.46. The van der Waals surface area contributed by atoms with E-state index in [0.717, 1.165) is 6.42 Å². The molecular formula is C14H25ClO. The molecule has 0 radical (unpaired) electrons. The van der Waals surface area contributed by atoms with Gasteiger partial charge in [0.15, 0.2) is 0 Å². The summed E-state index contributed by atoms with van der Waals surface area (Å²) in [4.78, 5) is 0. The van der Waals surface area contributed by atoms with Crippen molar-refractivity contribution >= 4 is 11.6 Å². The quantitative estimate of drug-likeness (QED) is 0.661. The Morgan fingerprint density at radius 3 is 2.56 bits per heavy atom. The van der Waals surface area contributed by atoms with Crippen molar-refractivity contribution < 1.29 is 4.74 Å². The SMILES string of the molecule is CCCC(C)OC1CC(Cl)C12CCCCC2. The standard InChI is InChI=1S/C14H25ClO/c1-3-7-11(2)16-13-10-12(15)14(13)8-5-4-6-9-14/h11-13H,3-10H2,1-2H3. The molecule has 2 rings (SSSR count). The van der Waals surface area contributed by atoms with Gasteiger partial charge in [0.25, 0.3) is 0 Å². The van der Waals surface area contributed by atoms with E-state index in [1.54, 1.807) is 0 Å². The highest BCUT2D eigenvalue weighted by atomic mass is 35.5. The van der Waals surface area contributed by atoms with Crippen LogP contribution in [0.4, 0.5) is 0 Å². The highest BCUT2D eigenvalue weighted by molar-refractivity contribution is 6.21. The third kappa shape index (κ3) is 2.26. The van der Waals surface area contributed by atoms with Crippen molar-refractivity contribution in [3.8, 4) is 0 Å². The van der Waals surface area contributed by atoms with Crippen molar-refractivity contribution in [3.63, 3.8) is 0 Å². The highest BCUT2D eigenvalue weighted by Gasteiger charge is 2.55. The summed E-state index contributed by atoms with van der Waals surface area (Å²) in [5.41, 5.74) is 0.349. The summed E-state index contributed by atoms with van der Waals surface area (Å²) in [6, 6.07) is 0. The molecule has 16 heavy (non-hydrogen) atoms. The molecule has 2 heteroatoms. The summed E-state index contributed by atoms with van der Waals surface area (Å²) in [6.45, 7) is 4.43. The summed E-state index contributed by atoms with van der Waals surface area (Å²) in [6.07, 6.45) is 11.0. The number of alkyl halides is 1. The summed E-state index contributed by atoms with van der Waals surface area (Å²) in [7, 11) is 0. The monoisotopic (exact) mass is 244 g/mol. The normalized spacial score (nSPS) is 34.7. The van der Waals surface area contributed by atoms with Crippen LogP contribution >= 0.6 is 11.6 Å². The molecule has 0 saturated heterocycles. The molecule has 0 aromatic heterocycles. The van der Waals surface area contributed by atoms with Gasteiger partial charge in [-0.25, -0.2) is 0 Å². The Balaban J connectivity index is 1.90. The number of rotatable bonds is 4. The lowest BCUT2D eigenvalue weighted by Crippen LogP contribution is -2.57. The van der Waals surface area contributed by atoms with Crippen LogP contribution in [0.25, 0.3) is 0 Å². The van der Waals surface area contributed by atoms with Crippen LogP contribution in [0.5, 0.6) is 0 Å². The van der Waals surface area contributed by atoms with E-state index in [1.807, 2.05) is 0 Å². The van der Waals surface area contributed by atoms with E-state index in [2.05, 4.69) is 13.8 Å². The Labute approximate surface area is 105 Å². The van der Waals surface area contributed by atoms with Gasteiger partial charge in [0.05, 0.1) is 12.2 Å². The van der Waals surface area contributed by atoms with Gasteiger partial charge in [-0.2, -0.15) is 0 Å². The van der Waals surface area contributed by atoms with E-state index in [0.29, 0.717) is 23.0 Å². The first-order chi connectivity index (χ1) is 7.69. The fraction of sp³-hybridized carbons (Fsp3) is 1.00. The molecular weight excluding hydrogens is 220 g/mol. The number of ether oxygens (including phenoxy) is 1. The number of hydrogen-bond acceptors (Lipinski definition) is 1. The van der Waals surface area contributed by atoms with Crippen LogP contribution in [0.3, 0.4) is 0 Å². The topological polar surface area (TPSA) is 9.23 Å². The van der Waals surface area contributed by atoms with Gasteiger partial charge in [-0.15, -0.1) is 11.6 Å². The van der Waals surface area contributed by atoms with Crippen LogP contribution in [0.15, 0.2) is 0 Å². The molecule has 3 unspecified atom stereocenters. The van der Waals surface area contributed by atoms with E-state index in [9.17, 15) is 0 Å². The summed E-state index contributed by atoms with van der Waals surface area (Å²) < 4.78 is 6.21. The highest BCUT2D eigenvalue weighted by Crippen LogP contribution is 2.56. The minimum Gasteiger partial charge on any atom is -0.375 e. The van der Waals surface area contributed by atoms with Crippen molar-refractivity contribution in [2.45, 2.75) is 82.8 Å². The Bertz CT molecular complexity index is 223. The fourth-order valence-electron chi connectivity index (χ4n) is 3.49. The Morgan fingerprint density at radius 1 is 1.31 bits per heavy atom. The lowest BCUT2D eigenvalue weighted by molar-refractivity contribution is -0.149. The predicted molar refractivity (Wildman–Crippen MR) is 69.0 cm³/mol. The molecule has 0 aromatic carbocycles. The third-order valence-corrected chi connectivity index (χ3v) is 5.18. The second-order valence-electron chi connectivity index (χ2n) is 5.72. The van der Waals surface area contributed by atoms with E-state index in [4.69, 9.17) is 16.3 Å². The van der Waals surface area contributed by atoms with Crippen LogP contribution in [-0.4, -0.2) is 17.6 Å². The molecule has 0 bridgehead atoms. The first-order valence-electron chi connectivity index (χ1n) is 6.98. The Hall–Kier alpha value is 0.250. The molecule has 94 valence electrons. The second-order valence-corrected chi connectivity index (χ2v) is 6.25. The van der Waals surface area contributed by atoms with Crippen LogP contribution < -0.4 is 0 Å². The van der Waals surface area contributed by atoms with Crippen LogP contribution in [0.2, 0.25) is 0 Å². The van der Waals surface area contributed by atoms with Gasteiger partial charge >= 0.3 is 0 Å². The van der Waals surface area contributed by atoms with Gasteiger partial charge < -0.3 is 4.74 Å². The van der Waals surface area contributed by atoms with Gasteiger partial charge in [0.2, 0.25) is 0 Å². The molecule has 0 amide bonds. The van der Waals surface area contributed by atoms with Crippen LogP contribution in [0, 0.1) is 5.41 Å². The van der Waals surface area contributed by atoms with Crippen molar-refractivity contribution in [1.82, 2.24) is 0 Å². The van der Waals surface area contributed by atoms with E-state index < -0.39 is 0 Å². The third-order valence-electron chi connectivity index (χ3n) is 4.56. The van der Waals surface area contributed by atoms with Gasteiger partial charge in [-0.05, 0) is 32.6 Å². The molecule has 0 N–H and O–H groups in total. The molecule has 1 nitrogen and oxygen atoms in total. The van der Waals surface area contributed by atoms with E-state index in [1.165, 1.54) is 44.9 Å². The lowest BCUT2D eigenvalue weighted by atomic mass is 9.58. The van der Waals surface area contributed by atoms with Crippen molar-refractivity contribution in [2.75, 3.05) is 0 Å². The minimum absolute atomic E-state index is 0.349. The number of halogens is 1. The zero-order valence-corrected chi connectivity index (χ0v) is 11.4. The summed E-state index contributed by atoms with van der Waals surface area (Å²) >= 11 is 6.46. The van der Waals surface area contributed by atoms with Gasteiger partial charge in [0, 0.05) is 10.8 Å². The van der Waals surface area contributed by atoms with Crippen LogP contribution in [0.1, 0.15) is 65.2 Å². The summed E-state index contributed by atoms with van der Waals surface area (Å²) in [5.74, 6) is 0. The Kier molecular flexibility index (Phi) is 4.18. The van der Waals surface area contributed by atoms with Gasteiger partial charge in [-0.1, -0.05) is 32.6 Å². The second kappa shape index (κ2) is 5.27. The first kappa shape index (κ1) is 12.7. The largest absolute Gasteiger partial charge is 0.375 e. The summed E-state index contributed by atoms with van der Waals surface area (Å²) in [5, 5.41) is 0.381. The van der Waals surface area contributed by atoms with Gasteiger partial charge in [0.1, 0.15) is 0 Å². The number of hydrogen-bond donors (Lipinski definition) is 0. The van der Waals surface area contributed by atoms with Crippen molar-refractivity contribution in [2.24, 2.45) is 5.41 Å². The lowest BCUT2D eigenvalue weighted by Gasteiger charge is -2.56. The first-order valence-corrected chi connectivity index (χ1v) is 7.42. The molecule has 2 aliphatic rings. The maximum atomic E-state index is 6.46. The maximum Gasteiger partial charge on any atom is 0.0663 e. The average Bonchev–Trinajstić information content (AvgIpc) is 2.30. The smallest absolute Gasteiger partial charge is 0.0663 e. The molecule has 3 atom stereocenters. The van der Waals surface area contributed by atoms with Crippen molar-refractivity contribution in [3.05, 3.63) is 0 Å². The molecule has 0 aromatic rings. The Morgan fingerprint density at radius 2 is 2.00 bits per heavy atom. The minimum atomic E-state index is 0.349. The van der Waals surface area contributed by atoms with Crippen molar-refractivity contribution in [1.29, 1.82) is 0 Å². The van der Waals surface area contributed by atoms with E-state index in [-0.39, 0.29) is 0 Å². The molecule has 1 spiro atoms. The predicted octanol–water partition coefficient (Wildman–Crippen LogP) is 4.52. The van der Waals surface area contributed by atoms with Crippen LogP contribution in [-0.2, 0) is 4.74 Å². The van der Waals surface area contributed by atoms with E-state index >= 15 is 0 Å². The molecule has 0 aliphatic heterocycles. The molecule has 2 fully saturated rings. The zero-order valence-electron chi connectivity index (χ0n) is 10.7. The molecule has 2 aliphatic carbocycles. The van der Waals surface area contributed by atoms with Gasteiger partial charge in [-0.3, -0.25) is 0 Å². The molecule has 0 heterocycles. The molecule has 2 saturated carbocycles.